The highest BCUT2D eigenvalue weighted by atomic mass is 127. The fourth-order valence-electron chi connectivity index (χ4n) is 3.06. The van der Waals surface area contributed by atoms with Crippen LogP contribution in [0.4, 0.5) is 0 Å². The lowest BCUT2D eigenvalue weighted by atomic mass is 9.98. The van der Waals surface area contributed by atoms with Crippen LogP contribution in [0.3, 0.4) is 0 Å². The average molecular weight is 416 g/mol. The number of halogens is 1. The molecule has 108 valence electrons. The zero-order chi connectivity index (χ0) is 15.3. The number of thiophene rings is 1. The van der Waals surface area contributed by atoms with E-state index in [9.17, 15) is 0 Å². The van der Waals surface area contributed by atoms with Gasteiger partial charge in [0.1, 0.15) is 7.05 Å². The second-order valence-electron chi connectivity index (χ2n) is 5.53. The smallest absolute Gasteiger partial charge is 0.201 e. The van der Waals surface area contributed by atoms with Gasteiger partial charge in [-0.1, -0.05) is 18.2 Å². The van der Waals surface area contributed by atoms with E-state index in [1.54, 1.807) is 0 Å². The van der Waals surface area contributed by atoms with E-state index in [1.165, 1.54) is 40.6 Å². The van der Waals surface area contributed by atoms with Crippen LogP contribution in [-0.2, 0) is 7.05 Å². The van der Waals surface area contributed by atoms with E-state index in [1.807, 2.05) is 11.3 Å². The Morgan fingerprint density at radius 1 is 1.00 bits per heavy atom. The van der Waals surface area contributed by atoms with Crippen molar-refractivity contribution in [3.63, 3.8) is 0 Å². The van der Waals surface area contributed by atoms with Gasteiger partial charge in [0.2, 0.25) is 5.69 Å². The molecule has 0 saturated heterocycles. The van der Waals surface area contributed by atoms with Crippen molar-refractivity contribution in [2.75, 3.05) is 0 Å². The Kier molecular flexibility index (Phi) is 3.42. The number of aryl methyl sites for hydroxylation is 1. The topological polar surface area (TPSA) is 3.88 Å². The molecule has 0 radical (unpaired) electrons. The van der Waals surface area contributed by atoms with Crippen molar-refractivity contribution in [1.82, 2.24) is 0 Å². The lowest BCUT2D eigenvalue weighted by Gasteiger charge is -2.09. The van der Waals surface area contributed by atoms with Crippen molar-refractivity contribution in [2.45, 2.75) is 6.92 Å². The number of pyridine rings is 1. The maximum atomic E-state index is 2.46. The summed E-state index contributed by atoms with van der Waals surface area (Å²) < 4.78 is 6.27. The molecule has 0 unspecified atom stereocenters. The molecule has 0 fully saturated rings. The van der Waals surface area contributed by atoms with Gasteiger partial charge >= 0.3 is 0 Å². The van der Waals surface area contributed by atoms with Crippen LogP contribution in [0.25, 0.3) is 31.4 Å². The lowest BCUT2D eigenvalue weighted by Crippen LogP contribution is -2.30. The highest BCUT2D eigenvalue weighted by molar-refractivity contribution is 14.1. The van der Waals surface area contributed by atoms with Crippen LogP contribution in [0.5, 0.6) is 0 Å². The predicted octanol–water partition coefficient (Wildman–Crippen LogP) is 5.46. The van der Waals surface area contributed by atoms with Gasteiger partial charge in [-0.3, -0.25) is 0 Å². The number of aromatic nitrogens is 1. The molecule has 0 saturated carbocycles. The summed E-state index contributed by atoms with van der Waals surface area (Å²) in [6, 6.07) is 17.5. The molecule has 0 aliphatic carbocycles. The molecular weight excluding hydrogens is 401 g/mol. The summed E-state index contributed by atoms with van der Waals surface area (Å²) in [5.74, 6) is 0. The standard InChI is InChI=1S/C19H15INS/c1-12-14(20)11-17-19(13-7-3-4-9-16(13)22-17)18(12)15-8-5-6-10-21(15)2/h3-11H,1-2H3/q+1. The maximum absolute atomic E-state index is 2.46. The molecule has 22 heavy (non-hydrogen) atoms. The van der Waals surface area contributed by atoms with Gasteiger partial charge in [-0.05, 0) is 53.3 Å². The predicted molar refractivity (Wildman–Crippen MR) is 103 cm³/mol. The van der Waals surface area contributed by atoms with Gasteiger partial charge in [0.15, 0.2) is 6.20 Å². The molecule has 2 aromatic carbocycles. The van der Waals surface area contributed by atoms with E-state index in [4.69, 9.17) is 0 Å². The van der Waals surface area contributed by atoms with E-state index >= 15 is 0 Å². The van der Waals surface area contributed by atoms with Crippen LogP contribution >= 0.6 is 33.9 Å². The van der Waals surface area contributed by atoms with Crippen molar-refractivity contribution >= 4 is 54.1 Å². The molecule has 4 aromatic rings. The Morgan fingerprint density at radius 2 is 1.77 bits per heavy atom. The van der Waals surface area contributed by atoms with Crippen molar-refractivity contribution in [1.29, 1.82) is 0 Å². The fraction of sp³-hybridized carbons (Fsp3) is 0.105. The third kappa shape index (κ3) is 2.07. The van der Waals surface area contributed by atoms with E-state index in [-0.39, 0.29) is 0 Å². The average Bonchev–Trinajstić information content (AvgIpc) is 2.87. The Balaban J connectivity index is 2.25. The zero-order valence-corrected chi connectivity index (χ0v) is 15.4. The Hall–Kier alpha value is -1.46. The first-order valence-electron chi connectivity index (χ1n) is 7.22. The van der Waals surface area contributed by atoms with Crippen molar-refractivity contribution in [3.05, 3.63) is 63.9 Å². The van der Waals surface area contributed by atoms with Crippen LogP contribution in [0.2, 0.25) is 0 Å². The zero-order valence-electron chi connectivity index (χ0n) is 12.4. The molecule has 0 aliphatic heterocycles. The van der Waals surface area contributed by atoms with E-state index in [0.29, 0.717) is 0 Å². The molecule has 1 nitrogen and oxygen atoms in total. The molecule has 2 heterocycles. The molecular formula is C19H15INS+. The molecule has 0 spiro atoms. The minimum absolute atomic E-state index is 1.27. The highest BCUT2D eigenvalue weighted by Gasteiger charge is 2.20. The SMILES string of the molecule is Cc1c(I)cc2sc3ccccc3c2c1-c1cccc[n+]1C. The number of benzene rings is 2. The van der Waals surface area contributed by atoms with Gasteiger partial charge in [0.25, 0.3) is 0 Å². The molecule has 3 heteroatoms. The summed E-state index contributed by atoms with van der Waals surface area (Å²) in [7, 11) is 2.12. The highest BCUT2D eigenvalue weighted by Crippen LogP contribution is 2.42. The van der Waals surface area contributed by atoms with E-state index in [0.717, 1.165) is 0 Å². The summed E-state index contributed by atoms with van der Waals surface area (Å²) in [6.45, 7) is 2.23. The van der Waals surface area contributed by atoms with E-state index in [2.05, 4.69) is 95.9 Å². The summed E-state index contributed by atoms with van der Waals surface area (Å²) >= 11 is 4.34. The van der Waals surface area contributed by atoms with Crippen molar-refractivity contribution in [2.24, 2.45) is 7.05 Å². The fourth-order valence-corrected chi connectivity index (χ4v) is 5.00. The number of hydrogen-bond donors (Lipinski definition) is 0. The minimum atomic E-state index is 1.27. The number of fused-ring (bicyclic) bond motifs is 3. The molecule has 0 amide bonds. The summed E-state index contributed by atoms with van der Waals surface area (Å²) in [6.07, 6.45) is 2.12. The normalized spacial score (nSPS) is 11.4. The number of nitrogens with zero attached hydrogens (tertiary/aromatic N) is 1. The van der Waals surface area contributed by atoms with Gasteiger partial charge in [-0.15, -0.1) is 11.3 Å². The Bertz CT molecular complexity index is 1020. The third-order valence-electron chi connectivity index (χ3n) is 4.17. The summed E-state index contributed by atoms with van der Waals surface area (Å²) in [5.41, 5.74) is 3.99. The largest absolute Gasteiger partial charge is 0.213 e. The third-order valence-corrected chi connectivity index (χ3v) is 6.41. The van der Waals surface area contributed by atoms with E-state index < -0.39 is 0 Å². The van der Waals surface area contributed by atoms with Gasteiger partial charge < -0.3 is 0 Å². The van der Waals surface area contributed by atoms with Crippen molar-refractivity contribution < 1.29 is 4.57 Å². The van der Waals surface area contributed by atoms with Crippen molar-refractivity contribution in [3.8, 4) is 11.3 Å². The quantitative estimate of drug-likeness (QED) is 0.287. The Morgan fingerprint density at radius 3 is 2.59 bits per heavy atom. The van der Waals surface area contributed by atoms with Crippen LogP contribution < -0.4 is 4.57 Å². The van der Waals surface area contributed by atoms with Crippen LogP contribution in [0.1, 0.15) is 5.56 Å². The number of rotatable bonds is 1. The summed E-state index contributed by atoms with van der Waals surface area (Å²) in [4.78, 5) is 0. The maximum Gasteiger partial charge on any atom is 0.213 e. The summed E-state index contributed by atoms with van der Waals surface area (Å²) in [5, 5.41) is 2.75. The van der Waals surface area contributed by atoms with Gasteiger partial charge in [-0.2, -0.15) is 0 Å². The molecule has 0 atom stereocenters. The molecule has 0 N–H and O–H groups in total. The van der Waals surface area contributed by atoms with Gasteiger partial charge in [-0.25, -0.2) is 4.57 Å². The first-order valence-corrected chi connectivity index (χ1v) is 9.11. The first kappa shape index (κ1) is 14.2. The Labute approximate surface area is 147 Å². The monoisotopic (exact) mass is 416 g/mol. The number of hydrogen-bond acceptors (Lipinski definition) is 1. The second kappa shape index (κ2) is 5.32. The van der Waals surface area contributed by atoms with Gasteiger partial charge in [0, 0.05) is 35.9 Å². The molecule has 2 aromatic heterocycles. The molecule has 0 aliphatic rings. The van der Waals surface area contributed by atoms with Crippen LogP contribution in [0, 0.1) is 10.5 Å². The van der Waals surface area contributed by atoms with Gasteiger partial charge in [0.05, 0.1) is 5.56 Å². The van der Waals surface area contributed by atoms with Crippen LogP contribution in [-0.4, -0.2) is 0 Å². The lowest BCUT2D eigenvalue weighted by molar-refractivity contribution is -0.660. The van der Waals surface area contributed by atoms with Crippen LogP contribution in [0.15, 0.2) is 54.7 Å². The molecule has 4 rings (SSSR count). The minimum Gasteiger partial charge on any atom is -0.201 e. The first-order chi connectivity index (χ1) is 10.7. The second-order valence-corrected chi connectivity index (χ2v) is 7.77. The molecule has 0 bridgehead atoms.